The van der Waals surface area contributed by atoms with Gasteiger partial charge in [-0.1, -0.05) is 12.8 Å². The SMILES string of the molecule is CC(C)N(C(=O)c1cc2c(cc1C(F)(F)F)SC1(CCCC1)C(=O)C2)[C@@H]1CCCN(C(=O)OC(C)(C)C)C1. The Hall–Kier alpha value is -2.23. The highest BCUT2D eigenvalue weighted by Crippen LogP contribution is 2.52. The van der Waals surface area contributed by atoms with Gasteiger partial charge in [-0.3, -0.25) is 9.59 Å². The van der Waals surface area contributed by atoms with E-state index in [-0.39, 0.29) is 18.7 Å². The van der Waals surface area contributed by atoms with Gasteiger partial charge in [-0.15, -0.1) is 11.8 Å². The van der Waals surface area contributed by atoms with Crippen LogP contribution in [0, 0.1) is 0 Å². The molecule has 0 unspecified atom stereocenters. The van der Waals surface area contributed by atoms with Gasteiger partial charge in [0.15, 0.2) is 5.78 Å². The average molecular weight is 555 g/mol. The number of hydrogen-bond acceptors (Lipinski definition) is 5. The van der Waals surface area contributed by atoms with Gasteiger partial charge in [0.05, 0.1) is 21.9 Å². The zero-order valence-electron chi connectivity index (χ0n) is 22.7. The summed E-state index contributed by atoms with van der Waals surface area (Å²) in [6, 6.07) is 1.50. The number of Topliss-reactive ketones (excluding diaryl/α,β-unsaturated/α-hetero) is 1. The molecule has 2 aliphatic heterocycles. The van der Waals surface area contributed by atoms with E-state index < -0.39 is 51.7 Å². The van der Waals surface area contributed by atoms with E-state index in [1.165, 1.54) is 27.6 Å². The number of nitrogens with zero attached hydrogens (tertiary/aromatic N) is 2. The van der Waals surface area contributed by atoms with Crippen LogP contribution in [0.3, 0.4) is 0 Å². The number of benzene rings is 1. The molecule has 1 saturated heterocycles. The summed E-state index contributed by atoms with van der Waals surface area (Å²) in [5.74, 6) is -0.698. The summed E-state index contributed by atoms with van der Waals surface area (Å²) in [6.07, 6.45) is -0.899. The molecule has 1 spiro atoms. The van der Waals surface area contributed by atoms with Gasteiger partial charge in [0.2, 0.25) is 0 Å². The number of thioether (sulfide) groups is 1. The van der Waals surface area contributed by atoms with Crippen molar-refractivity contribution in [1.82, 2.24) is 9.80 Å². The van der Waals surface area contributed by atoms with Crippen molar-refractivity contribution in [2.75, 3.05) is 13.1 Å². The second-order valence-corrected chi connectivity index (χ2v) is 13.4. The number of ether oxygens (including phenoxy) is 1. The summed E-state index contributed by atoms with van der Waals surface area (Å²) in [5, 5.41) is 0. The maximum absolute atomic E-state index is 14.3. The van der Waals surface area contributed by atoms with Gasteiger partial charge in [-0.2, -0.15) is 13.2 Å². The molecule has 0 aromatic heterocycles. The van der Waals surface area contributed by atoms with Gasteiger partial charge in [0.1, 0.15) is 5.60 Å². The Balaban J connectivity index is 1.67. The van der Waals surface area contributed by atoms with Crippen molar-refractivity contribution in [2.24, 2.45) is 0 Å². The Labute approximate surface area is 226 Å². The predicted octanol–water partition coefficient (Wildman–Crippen LogP) is 6.49. The summed E-state index contributed by atoms with van der Waals surface area (Å²) >= 11 is 1.24. The van der Waals surface area contributed by atoms with Crippen molar-refractivity contribution in [3.63, 3.8) is 0 Å². The third-order valence-corrected chi connectivity index (χ3v) is 9.17. The largest absolute Gasteiger partial charge is 0.444 e. The van der Waals surface area contributed by atoms with Gasteiger partial charge < -0.3 is 14.5 Å². The lowest BCUT2D eigenvalue weighted by Crippen LogP contribution is -2.54. The minimum atomic E-state index is -4.73. The standard InChI is InChI=1S/C28H37F3N2O4S/c1-17(2)33(19-9-8-12-32(16-19)25(36)37-26(3,4)5)24(35)20-13-18-14-23(34)27(10-6-7-11-27)38-22(18)15-21(20)28(29,30)31/h13,15,17,19H,6-12,14,16H2,1-5H3/t19-/m1/s1. The molecule has 0 N–H and O–H groups in total. The van der Waals surface area contributed by atoms with Crippen molar-refractivity contribution in [3.05, 3.63) is 28.8 Å². The van der Waals surface area contributed by atoms with Crippen LogP contribution in [0.25, 0.3) is 0 Å². The lowest BCUT2D eigenvalue weighted by Gasteiger charge is -2.42. The van der Waals surface area contributed by atoms with E-state index in [1.807, 2.05) is 0 Å². The van der Waals surface area contributed by atoms with Crippen LogP contribution in [0.2, 0.25) is 0 Å². The van der Waals surface area contributed by atoms with Crippen LogP contribution < -0.4 is 0 Å². The molecule has 1 aliphatic carbocycles. The van der Waals surface area contributed by atoms with E-state index in [9.17, 15) is 27.6 Å². The van der Waals surface area contributed by atoms with Crippen molar-refractivity contribution in [1.29, 1.82) is 0 Å². The molecule has 1 saturated carbocycles. The van der Waals surface area contributed by atoms with E-state index in [1.54, 1.807) is 34.6 Å². The summed E-state index contributed by atoms with van der Waals surface area (Å²) in [5.41, 5.74) is -1.61. The quantitative estimate of drug-likeness (QED) is 0.428. The van der Waals surface area contributed by atoms with Crippen molar-refractivity contribution in [3.8, 4) is 0 Å². The molecule has 2 fully saturated rings. The fraction of sp³-hybridized carbons (Fsp3) is 0.679. The van der Waals surface area contributed by atoms with E-state index in [4.69, 9.17) is 4.74 Å². The van der Waals surface area contributed by atoms with Gasteiger partial charge in [-0.25, -0.2) is 4.79 Å². The van der Waals surface area contributed by atoms with E-state index >= 15 is 0 Å². The summed E-state index contributed by atoms with van der Waals surface area (Å²) in [6.45, 7) is 9.47. The van der Waals surface area contributed by atoms with Gasteiger partial charge in [0.25, 0.3) is 5.91 Å². The predicted molar refractivity (Wildman–Crippen MR) is 139 cm³/mol. The van der Waals surface area contributed by atoms with Crippen molar-refractivity contribution in [2.45, 2.75) is 113 Å². The fourth-order valence-corrected chi connectivity index (χ4v) is 7.37. The molecule has 0 radical (unpaired) electrons. The van der Waals surface area contributed by atoms with Crippen LogP contribution >= 0.6 is 11.8 Å². The van der Waals surface area contributed by atoms with Crippen LogP contribution in [0.4, 0.5) is 18.0 Å². The van der Waals surface area contributed by atoms with E-state index in [2.05, 4.69) is 0 Å². The molecule has 2 amide bonds. The van der Waals surface area contributed by atoms with Crippen molar-refractivity contribution < 1.29 is 32.3 Å². The first-order valence-corrected chi connectivity index (χ1v) is 14.2. The minimum Gasteiger partial charge on any atom is -0.444 e. The molecule has 10 heteroatoms. The number of carbonyl (C=O) groups is 3. The Morgan fingerprint density at radius 1 is 1.13 bits per heavy atom. The molecule has 1 aromatic carbocycles. The fourth-order valence-electron chi connectivity index (χ4n) is 5.83. The maximum Gasteiger partial charge on any atom is 0.417 e. The molecule has 38 heavy (non-hydrogen) atoms. The van der Waals surface area contributed by atoms with Gasteiger partial charge in [0, 0.05) is 30.4 Å². The Bertz CT molecular complexity index is 1110. The topological polar surface area (TPSA) is 66.9 Å². The smallest absolute Gasteiger partial charge is 0.417 e. The second kappa shape index (κ2) is 10.4. The zero-order valence-corrected chi connectivity index (χ0v) is 23.6. The number of halogens is 3. The summed E-state index contributed by atoms with van der Waals surface area (Å²) in [7, 11) is 0. The van der Waals surface area contributed by atoms with Gasteiger partial charge >= 0.3 is 12.3 Å². The average Bonchev–Trinajstić information content (AvgIpc) is 3.27. The summed E-state index contributed by atoms with van der Waals surface area (Å²) in [4.78, 5) is 43.0. The highest BCUT2D eigenvalue weighted by atomic mass is 32.2. The number of fused-ring (bicyclic) bond motifs is 1. The Kier molecular flexibility index (Phi) is 7.87. The molecular weight excluding hydrogens is 517 g/mol. The normalized spacial score (nSPS) is 21.6. The lowest BCUT2D eigenvalue weighted by molar-refractivity contribution is -0.138. The number of likely N-dealkylation sites (tertiary alicyclic amines) is 1. The number of piperidine rings is 1. The minimum absolute atomic E-state index is 0.0339. The maximum atomic E-state index is 14.3. The lowest BCUT2D eigenvalue weighted by atomic mass is 9.91. The molecular formula is C28H37F3N2O4S. The number of ketones is 1. The number of amides is 2. The molecule has 2 heterocycles. The highest BCUT2D eigenvalue weighted by Gasteiger charge is 2.47. The van der Waals surface area contributed by atoms with Crippen LogP contribution in [-0.4, -0.2) is 63.1 Å². The Morgan fingerprint density at radius 3 is 2.37 bits per heavy atom. The molecule has 6 nitrogen and oxygen atoms in total. The van der Waals surface area contributed by atoms with Crippen molar-refractivity contribution >= 4 is 29.5 Å². The first-order valence-electron chi connectivity index (χ1n) is 13.4. The monoisotopic (exact) mass is 554 g/mol. The number of hydrogen-bond donors (Lipinski definition) is 0. The first-order chi connectivity index (χ1) is 17.6. The second-order valence-electron chi connectivity index (χ2n) is 11.9. The molecule has 1 aromatic rings. The molecule has 1 atom stereocenters. The third kappa shape index (κ3) is 5.84. The van der Waals surface area contributed by atoms with Crippen LogP contribution in [0.1, 0.15) is 94.6 Å². The van der Waals surface area contributed by atoms with Crippen LogP contribution in [0.15, 0.2) is 17.0 Å². The van der Waals surface area contributed by atoms with Gasteiger partial charge in [-0.05, 0) is 78.0 Å². The summed E-state index contributed by atoms with van der Waals surface area (Å²) < 4.78 is 47.9. The van der Waals surface area contributed by atoms with Crippen LogP contribution in [0.5, 0.6) is 0 Å². The van der Waals surface area contributed by atoms with Crippen LogP contribution in [-0.2, 0) is 22.1 Å². The number of alkyl halides is 3. The zero-order chi connectivity index (χ0) is 28.0. The third-order valence-electron chi connectivity index (χ3n) is 7.54. The first kappa shape index (κ1) is 28.8. The highest BCUT2D eigenvalue weighted by molar-refractivity contribution is 8.01. The molecule has 3 aliphatic rings. The Morgan fingerprint density at radius 2 is 1.79 bits per heavy atom. The molecule has 4 rings (SSSR count). The van der Waals surface area contributed by atoms with E-state index in [0.717, 1.165) is 18.9 Å². The van der Waals surface area contributed by atoms with E-state index in [0.29, 0.717) is 42.7 Å². The molecule has 0 bridgehead atoms. The number of rotatable bonds is 3. The molecule has 210 valence electrons. The number of carbonyl (C=O) groups excluding carboxylic acids is 3.